The Kier molecular flexibility index (Phi) is 5.12. The first-order valence-corrected chi connectivity index (χ1v) is 9.54. The van der Waals surface area contributed by atoms with E-state index in [0.717, 1.165) is 10.6 Å². The molecule has 0 unspecified atom stereocenters. The number of rotatable bonds is 5. The van der Waals surface area contributed by atoms with E-state index in [4.69, 9.17) is 0 Å². The molecule has 3 heterocycles. The minimum absolute atomic E-state index is 0.253. The maximum absolute atomic E-state index is 12.5. The lowest BCUT2D eigenvalue weighted by atomic mass is 10.2. The van der Waals surface area contributed by atoms with Crippen LogP contribution in [-0.4, -0.2) is 31.6 Å². The predicted molar refractivity (Wildman–Crippen MR) is 111 cm³/mol. The lowest BCUT2D eigenvalue weighted by Crippen LogP contribution is -2.14. The maximum Gasteiger partial charge on any atom is 0.275 e. The van der Waals surface area contributed by atoms with E-state index in [9.17, 15) is 9.59 Å². The molecule has 2 amide bonds. The number of carbonyl (C=O) groups excluding carboxylic acids is 2. The van der Waals surface area contributed by atoms with Gasteiger partial charge in [0.05, 0.1) is 6.20 Å². The highest BCUT2D eigenvalue weighted by Crippen LogP contribution is 2.24. The highest BCUT2D eigenvalue weighted by atomic mass is 32.1. The summed E-state index contributed by atoms with van der Waals surface area (Å²) in [5.41, 5.74) is 2.80. The average Bonchev–Trinajstić information content (AvgIpc) is 3.38. The van der Waals surface area contributed by atoms with Crippen LogP contribution in [0.15, 0.2) is 66.6 Å². The summed E-state index contributed by atoms with van der Waals surface area (Å²) in [5, 5.41) is 12.1. The lowest BCUT2D eigenvalue weighted by Gasteiger charge is -2.08. The van der Waals surface area contributed by atoms with Crippen molar-refractivity contribution in [3.8, 4) is 10.6 Å². The number of hydrogen-bond acceptors (Lipinski definition) is 6. The van der Waals surface area contributed by atoms with E-state index >= 15 is 0 Å². The molecule has 0 fully saturated rings. The fourth-order valence-electron chi connectivity index (χ4n) is 2.62. The van der Waals surface area contributed by atoms with Gasteiger partial charge in [0, 0.05) is 53.5 Å². The smallest absolute Gasteiger partial charge is 0.275 e. The van der Waals surface area contributed by atoms with Gasteiger partial charge < -0.3 is 10.6 Å². The molecule has 0 radical (unpaired) electrons. The van der Waals surface area contributed by atoms with Crippen molar-refractivity contribution in [1.29, 1.82) is 0 Å². The Hall–Kier alpha value is -3.85. The van der Waals surface area contributed by atoms with Crippen LogP contribution in [0.1, 0.15) is 20.8 Å². The number of pyridine rings is 1. The van der Waals surface area contributed by atoms with Crippen molar-refractivity contribution < 1.29 is 9.59 Å². The third-order valence-electron chi connectivity index (χ3n) is 4.01. The van der Waals surface area contributed by atoms with E-state index < -0.39 is 0 Å². The van der Waals surface area contributed by atoms with Gasteiger partial charge in [-0.05, 0) is 30.3 Å². The molecule has 144 valence electrons. The van der Waals surface area contributed by atoms with Gasteiger partial charge in [-0.1, -0.05) is 6.07 Å². The molecule has 0 atom stereocenters. The molecule has 1 aromatic carbocycles. The second-order valence-electron chi connectivity index (χ2n) is 6.17. The van der Waals surface area contributed by atoms with Crippen LogP contribution in [0.4, 0.5) is 11.4 Å². The summed E-state index contributed by atoms with van der Waals surface area (Å²) in [4.78, 5) is 33.1. The molecule has 4 rings (SSSR count). The summed E-state index contributed by atoms with van der Waals surface area (Å²) in [6.07, 6.45) is 6.66. The molecular formula is C20H16N6O2S. The first-order chi connectivity index (χ1) is 14.1. The van der Waals surface area contributed by atoms with Crippen molar-refractivity contribution in [2.24, 2.45) is 7.05 Å². The Balaban J connectivity index is 1.44. The Morgan fingerprint density at radius 2 is 1.76 bits per heavy atom. The Labute approximate surface area is 170 Å². The van der Waals surface area contributed by atoms with Crippen LogP contribution in [0.25, 0.3) is 10.6 Å². The second-order valence-corrected chi connectivity index (χ2v) is 7.02. The molecule has 29 heavy (non-hydrogen) atoms. The molecule has 0 aliphatic rings. The van der Waals surface area contributed by atoms with E-state index in [0.29, 0.717) is 22.6 Å². The number of hydrogen-bond donors (Lipinski definition) is 2. The summed E-state index contributed by atoms with van der Waals surface area (Å²) in [5.74, 6) is -0.578. The van der Waals surface area contributed by atoms with Crippen molar-refractivity contribution in [2.75, 3.05) is 10.6 Å². The topological polar surface area (TPSA) is 102 Å². The molecule has 0 aliphatic carbocycles. The molecule has 8 nitrogen and oxygen atoms in total. The predicted octanol–water partition coefficient (Wildman–Crippen LogP) is 3.44. The summed E-state index contributed by atoms with van der Waals surface area (Å²) >= 11 is 1.38. The van der Waals surface area contributed by atoms with Crippen molar-refractivity contribution in [3.63, 3.8) is 0 Å². The third kappa shape index (κ3) is 4.36. The molecular weight excluding hydrogens is 388 g/mol. The molecule has 0 spiro atoms. The van der Waals surface area contributed by atoms with Gasteiger partial charge in [0.15, 0.2) is 0 Å². The van der Waals surface area contributed by atoms with E-state index in [1.165, 1.54) is 11.3 Å². The first-order valence-electron chi connectivity index (χ1n) is 8.66. The fraction of sp³-hybridized carbons (Fsp3) is 0.0500. The lowest BCUT2D eigenvalue weighted by molar-refractivity contribution is 0.101. The van der Waals surface area contributed by atoms with Crippen LogP contribution in [-0.2, 0) is 7.05 Å². The van der Waals surface area contributed by atoms with Gasteiger partial charge in [0.2, 0.25) is 0 Å². The van der Waals surface area contributed by atoms with Crippen LogP contribution < -0.4 is 10.6 Å². The van der Waals surface area contributed by atoms with Gasteiger partial charge in [-0.25, -0.2) is 4.98 Å². The van der Waals surface area contributed by atoms with Crippen LogP contribution in [0.3, 0.4) is 0 Å². The third-order valence-corrected chi connectivity index (χ3v) is 4.90. The van der Waals surface area contributed by atoms with Crippen LogP contribution >= 0.6 is 11.3 Å². The van der Waals surface area contributed by atoms with Crippen molar-refractivity contribution in [3.05, 3.63) is 77.8 Å². The standard InChI is InChI=1S/C20H16N6O2S/c1-26-11-14(10-22-26)20-25-17(12-29-20)19(28)24-16-4-2-3-15(9-16)23-18(27)13-5-7-21-8-6-13/h2-12H,1H3,(H,23,27)(H,24,28). The zero-order valence-electron chi connectivity index (χ0n) is 15.4. The van der Waals surface area contributed by atoms with Crippen molar-refractivity contribution in [2.45, 2.75) is 0 Å². The maximum atomic E-state index is 12.5. The van der Waals surface area contributed by atoms with Crippen LogP contribution in [0.2, 0.25) is 0 Å². The SMILES string of the molecule is Cn1cc(-c2nc(C(=O)Nc3cccc(NC(=O)c4ccncc4)c3)cs2)cn1. The molecule has 2 N–H and O–H groups in total. The summed E-state index contributed by atoms with van der Waals surface area (Å²) in [6, 6.07) is 10.2. The molecule has 0 aliphatic heterocycles. The highest BCUT2D eigenvalue weighted by molar-refractivity contribution is 7.13. The second kappa shape index (κ2) is 8.03. The number of nitrogens with one attached hydrogen (secondary N) is 2. The Morgan fingerprint density at radius 3 is 2.45 bits per heavy atom. The van der Waals surface area contributed by atoms with Gasteiger partial charge >= 0.3 is 0 Å². The largest absolute Gasteiger partial charge is 0.322 e. The number of aromatic nitrogens is 4. The molecule has 9 heteroatoms. The average molecular weight is 404 g/mol. The quantitative estimate of drug-likeness (QED) is 0.530. The Bertz CT molecular complexity index is 1170. The monoisotopic (exact) mass is 404 g/mol. The molecule has 3 aromatic heterocycles. The minimum atomic E-state index is -0.325. The van der Waals surface area contributed by atoms with Gasteiger partial charge in [-0.2, -0.15) is 5.10 Å². The summed E-state index contributed by atoms with van der Waals surface area (Å²) in [6.45, 7) is 0. The van der Waals surface area contributed by atoms with Gasteiger partial charge in [-0.3, -0.25) is 19.3 Å². The van der Waals surface area contributed by atoms with E-state index in [1.807, 2.05) is 13.2 Å². The minimum Gasteiger partial charge on any atom is -0.322 e. The van der Waals surface area contributed by atoms with Crippen LogP contribution in [0, 0.1) is 0 Å². The molecule has 0 saturated heterocycles. The molecule has 0 saturated carbocycles. The number of thiazole rings is 1. The van der Waals surface area contributed by atoms with Gasteiger partial charge in [0.25, 0.3) is 11.8 Å². The van der Waals surface area contributed by atoms with Crippen molar-refractivity contribution in [1.82, 2.24) is 19.7 Å². The summed E-state index contributed by atoms with van der Waals surface area (Å²) < 4.78 is 1.68. The number of anilines is 2. The van der Waals surface area contributed by atoms with E-state index in [2.05, 4.69) is 25.7 Å². The number of nitrogens with zero attached hydrogens (tertiary/aromatic N) is 4. The zero-order valence-corrected chi connectivity index (χ0v) is 16.2. The van der Waals surface area contributed by atoms with Gasteiger partial charge in [0.1, 0.15) is 10.7 Å². The highest BCUT2D eigenvalue weighted by Gasteiger charge is 2.13. The Morgan fingerprint density at radius 1 is 1.03 bits per heavy atom. The van der Waals surface area contributed by atoms with Crippen LogP contribution in [0.5, 0.6) is 0 Å². The summed E-state index contributed by atoms with van der Waals surface area (Å²) in [7, 11) is 1.82. The van der Waals surface area contributed by atoms with E-state index in [1.54, 1.807) is 65.1 Å². The molecule has 4 aromatic rings. The number of benzene rings is 1. The fourth-order valence-corrected chi connectivity index (χ4v) is 3.39. The number of carbonyl (C=O) groups is 2. The first kappa shape index (κ1) is 18.5. The normalized spacial score (nSPS) is 10.5. The van der Waals surface area contributed by atoms with Crippen molar-refractivity contribution >= 4 is 34.5 Å². The zero-order chi connectivity index (χ0) is 20.2. The molecule has 0 bridgehead atoms. The van der Waals surface area contributed by atoms with E-state index in [-0.39, 0.29) is 11.8 Å². The number of amides is 2. The van der Waals surface area contributed by atoms with Gasteiger partial charge in [-0.15, -0.1) is 11.3 Å². The number of aryl methyl sites for hydroxylation is 1.